The van der Waals surface area contributed by atoms with Crippen LogP contribution in [0.2, 0.25) is 5.02 Å². The molecule has 1 aliphatic carbocycles. The molecule has 1 heterocycles. The minimum Gasteiger partial charge on any atom is -0.509 e. The molecule has 0 unspecified atom stereocenters. The zero-order valence-electron chi connectivity index (χ0n) is 16.4. The van der Waals surface area contributed by atoms with Crippen LogP contribution in [0.15, 0.2) is 42.2 Å². The highest BCUT2D eigenvalue weighted by atomic mass is 35.5. The number of carbonyl (C=O) groups excluding carboxylic acids is 1. The van der Waals surface area contributed by atoms with Gasteiger partial charge in [-0.15, -0.1) is 0 Å². The molecule has 6 heteroatoms. The van der Waals surface area contributed by atoms with E-state index in [-0.39, 0.29) is 29.2 Å². The SMILES string of the molecule is CO[C@H]1CC[C@]2(CC1)NC(=O)C(c1cc(-c3ccc(Cl)cc3)c(F)cc1C)=C2O. The Morgan fingerprint density at radius 1 is 1.17 bits per heavy atom. The molecule has 0 atom stereocenters. The van der Waals surface area contributed by atoms with Crippen LogP contribution in [0.4, 0.5) is 4.39 Å². The van der Waals surface area contributed by atoms with Crippen molar-refractivity contribution in [1.29, 1.82) is 0 Å². The third kappa shape index (κ3) is 3.43. The van der Waals surface area contributed by atoms with Crippen LogP contribution in [0.1, 0.15) is 36.8 Å². The first-order valence-electron chi connectivity index (χ1n) is 9.70. The van der Waals surface area contributed by atoms with Crippen LogP contribution in [0.3, 0.4) is 0 Å². The van der Waals surface area contributed by atoms with Gasteiger partial charge in [-0.2, -0.15) is 0 Å². The summed E-state index contributed by atoms with van der Waals surface area (Å²) < 4.78 is 20.1. The van der Waals surface area contributed by atoms with Crippen LogP contribution < -0.4 is 5.32 Å². The van der Waals surface area contributed by atoms with Gasteiger partial charge in [0.15, 0.2) is 0 Å². The Morgan fingerprint density at radius 2 is 1.83 bits per heavy atom. The van der Waals surface area contributed by atoms with Crippen molar-refractivity contribution in [3.05, 3.63) is 64.1 Å². The second kappa shape index (κ2) is 7.47. The zero-order chi connectivity index (χ0) is 20.8. The molecule has 0 aromatic heterocycles. The van der Waals surface area contributed by atoms with Crippen molar-refractivity contribution < 1.29 is 19.0 Å². The second-order valence-corrected chi connectivity index (χ2v) is 8.29. The maximum absolute atomic E-state index is 14.7. The van der Waals surface area contributed by atoms with Crippen LogP contribution in [0, 0.1) is 12.7 Å². The van der Waals surface area contributed by atoms with E-state index in [2.05, 4.69) is 5.32 Å². The molecule has 2 aliphatic rings. The van der Waals surface area contributed by atoms with Crippen LogP contribution in [-0.2, 0) is 9.53 Å². The van der Waals surface area contributed by atoms with E-state index in [9.17, 15) is 14.3 Å². The molecule has 152 valence electrons. The van der Waals surface area contributed by atoms with Crippen molar-refractivity contribution in [1.82, 2.24) is 5.32 Å². The van der Waals surface area contributed by atoms with E-state index in [1.165, 1.54) is 6.07 Å². The number of amides is 1. The number of nitrogens with one attached hydrogen (secondary N) is 1. The Labute approximate surface area is 174 Å². The maximum atomic E-state index is 14.7. The number of hydrogen-bond donors (Lipinski definition) is 2. The number of rotatable bonds is 3. The Bertz CT molecular complexity index is 992. The average molecular weight is 416 g/mol. The van der Waals surface area contributed by atoms with Gasteiger partial charge in [0.05, 0.1) is 17.2 Å². The minimum atomic E-state index is -0.761. The smallest absolute Gasteiger partial charge is 0.256 e. The van der Waals surface area contributed by atoms with Crippen LogP contribution in [0.25, 0.3) is 16.7 Å². The Hall–Kier alpha value is -2.37. The number of ether oxygens (including phenoxy) is 1. The van der Waals surface area contributed by atoms with Crippen molar-refractivity contribution in [2.75, 3.05) is 7.11 Å². The highest BCUT2D eigenvalue weighted by Gasteiger charge is 2.48. The summed E-state index contributed by atoms with van der Waals surface area (Å²) >= 11 is 5.94. The lowest BCUT2D eigenvalue weighted by atomic mass is 9.79. The van der Waals surface area contributed by atoms with Gasteiger partial charge in [0, 0.05) is 17.7 Å². The number of aryl methyl sites for hydroxylation is 1. The molecule has 1 spiro atoms. The fraction of sp³-hybridized carbons (Fsp3) is 0.348. The molecule has 1 saturated carbocycles. The number of carbonyl (C=O) groups is 1. The van der Waals surface area contributed by atoms with Gasteiger partial charge in [-0.05, 0) is 73.6 Å². The lowest BCUT2D eigenvalue weighted by Crippen LogP contribution is -2.48. The van der Waals surface area contributed by atoms with Gasteiger partial charge in [0.1, 0.15) is 11.6 Å². The second-order valence-electron chi connectivity index (χ2n) is 7.85. The van der Waals surface area contributed by atoms with E-state index in [1.807, 2.05) is 0 Å². The topological polar surface area (TPSA) is 58.6 Å². The van der Waals surface area contributed by atoms with E-state index in [1.54, 1.807) is 44.4 Å². The van der Waals surface area contributed by atoms with Crippen LogP contribution in [0.5, 0.6) is 0 Å². The van der Waals surface area contributed by atoms with Crippen molar-refractivity contribution in [3.63, 3.8) is 0 Å². The molecule has 2 N–H and O–H groups in total. The number of halogens is 2. The van der Waals surface area contributed by atoms with E-state index in [0.717, 1.165) is 12.8 Å². The third-order valence-corrected chi connectivity index (χ3v) is 6.38. The van der Waals surface area contributed by atoms with E-state index < -0.39 is 5.54 Å². The zero-order valence-corrected chi connectivity index (χ0v) is 17.1. The Kier molecular flexibility index (Phi) is 5.13. The Morgan fingerprint density at radius 3 is 2.45 bits per heavy atom. The van der Waals surface area contributed by atoms with Gasteiger partial charge in [0.2, 0.25) is 0 Å². The number of aliphatic hydroxyl groups is 1. The summed E-state index contributed by atoms with van der Waals surface area (Å²) in [7, 11) is 1.68. The monoisotopic (exact) mass is 415 g/mol. The first kappa shape index (κ1) is 19.9. The van der Waals surface area contributed by atoms with Crippen molar-refractivity contribution in [2.45, 2.75) is 44.2 Å². The normalized spacial score (nSPS) is 24.3. The average Bonchev–Trinajstić information content (AvgIpc) is 2.93. The number of methoxy groups -OCH3 is 1. The maximum Gasteiger partial charge on any atom is 0.256 e. The summed E-state index contributed by atoms with van der Waals surface area (Å²) in [6.45, 7) is 1.74. The van der Waals surface area contributed by atoms with Crippen LogP contribution >= 0.6 is 11.6 Å². The molecule has 1 amide bonds. The summed E-state index contributed by atoms with van der Waals surface area (Å²) in [5.74, 6) is -0.661. The largest absolute Gasteiger partial charge is 0.509 e. The van der Waals surface area contributed by atoms with Crippen LogP contribution in [-0.4, -0.2) is 29.8 Å². The molecule has 2 aromatic rings. The van der Waals surface area contributed by atoms with E-state index in [0.29, 0.717) is 40.1 Å². The molecule has 0 bridgehead atoms. The lowest BCUT2D eigenvalue weighted by molar-refractivity contribution is -0.116. The molecule has 4 nitrogen and oxygen atoms in total. The number of hydrogen-bond acceptors (Lipinski definition) is 3. The predicted octanol–water partition coefficient (Wildman–Crippen LogP) is 5.18. The summed E-state index contributed by atoms with van der Waals surface area (Å²) in [6, 6.07) is 9.89. The molecule has 0 saturated heterocycles. The molecular weight excluding hydrogens is 393 g/mol. The fourth-order valence-electron chi connectivity index (χ4n) is 4.41. The van der Waals surface area contributed by atoms with E-state index >= 15 is 0 Å². The minimum absolute atomic E-state index is 0.0498. The molecule has 2 aromatic carbocycles. The lowest BCUT2D eigenvalue weighted by Gasteiger charge is -2.36. The van der Waals surface area contributed by atoms with E-state index in [4.69, 9.17) is 16.3 Å². The van der Waals surface area contributed by atoms with Crippen molar-refractivity contribution in [3.8, 4) is 11.1 Å². The Balaban J connectivity index is 1.78. The first-order chi connectivity index (χ1) is 13.8. The predicted molar refractivity (Wildman–Crippen MR) is 111 cm³/mol. The van der Waals surface area contributed by atoms with Gasteiger partial charge >= 0.3 is 0 Å². The first-order valence-corrected chi connectivity index (χ1v) is 10.1. The van der Waals surface area contributed by atoms with Gasteiger partial charge in [0.25, 0.3) is 5.91 Å². The molecular formula is C23H23ClFNO3. The highest BCUT2D eigenvalue weighted by molar-refractivity contribution is 6.30. The molecule has 1 fully saturated rings. The highest BCUT2D eigenvalue weighted by Crippen LogP contribution is 2.43. The summed E-state index contributed by atoms with van der Waals surface area (Å²) in [4.78, 5) is 12.9. The van der Waals surface area contributed by atoms with Gasteiger partial charge in [-0.25, -0.2) is 4.39 Å². The van der Waals surface area contributed by atoms with Gasteiger partial charge < -0.3 is 15.2 Å². The molecule has 0 radical (unpaired) electrons. The third-order valence-electron chi connectivity index (χ3n) is 6.13. The van der Waals surface area contributed by atoms with Crippen molar-refractivity contribution >= 4 is 23.1 Å². The molecule has 4 rings (SSSR count). The number of aliphatic hydroxyl groups excluding tert-OH is 1. The molecule has 29 heavy (non-hydrogen) atoms. The summed E-state index contributed by atoms with van der Waals surface area (Å²) in [5.41, 5.74) is 1.62. The van der Waals surface area contributed by atoms with Crippen molar-refractivity contribution in [2.24, 2.45) is 0 Å². The summed E-state index contributed by atoms with van der Waals surface area (Å²) in [5, 5.41) is 14.6. The number of benzene rings is 2. The summed E-state index contributed by atoms with van der Waals surface area (Å²) in [6.07, 6.45) is 2.87. The standard InChI is InChI=1S/C23H23ClFNO3/c1-13-11-19(25)18(14-3-5-15(24)6-4-14)12-17(13)20-21(27)23(26-22(20)28)9-7-16(29-2)8-10-23/h3-6,11-12,16,27H,7-10H2,1-2H3,(H,26,28)/t16-,23+. The van der Waals surface area contributed by atoms with Gasteiger partial charge in [-0.3, -0.25) is 4.79 Å². The molecule has 1 aliphatic heterocycles. The fourth-order valence-corrected chi connectivity index (χ4v) is 4.54. The van der Waals surface area contributed by atoms with Gasteiger partial charge in [-0.1, -0.05) is 23.7 Å². The quantitative estimate of drug-likeness (QED) is 0.726.